The molecule has 0 aliphatic carbocycles. The zero-order valence-electron chi connectivity index (χ0n) is 14.7. The van der Waals surface area contributed by atoms with Gasteiger partial charge in [-0.2, -0.15) is 5.10 Å². The van der Waals surface area contributed by atoms with Crippen LogP contribution in [0.25, 0.3) is 0 Å². The van der Waals surface area contributed by atoms with Gasteiger partial charge in [-0.1, -0.05) is 48.0 Å². The van der Waals surface area contributed by atoms with Crippen molar-refractivity contribution in [2.24, 2.45) is 7.05 Å². The van der Waals surface area contributed by atoms with Gasteiger partial charge in [0.25, 0.3) is 5.91 Å². The minimum Gasteiger partial charge on any atom is -0.394 e. The first-order valence-electron chi connectivity index (χ1n) is 8.41. The summed E-state index contributed by atoms with van der Waals surface area (Å²) in [6.45, 7) is -0.345. The van der Waals surface area contributed by atoms with Gasteiger partial charge in [0.1, 0.15) is 5.82 Å². The van der Waals surface area contributed by atoms with Gasteiger partial charge in [-0.3, -0.25) is 9.48 Å². The number of halogens is 2. The Morgan fingerprint density at radius 1 is 1.30 bits per heavy atom. The lowest BCUT2D eigenvalue weighted by Crippen LogP contribution is -2.31. The highest BCUT2D eigenvalue weighted by Gasteiger charge is 2.21. The van der Waals surface area contributed by atoms with E-state index in [1.165, 1.54) is 24.4 Å². The highest BCUT2D eigenvalue weighted by Crippen LogP contribution is 2.22. The zero-order valence-corrected chi connectivity index (χ0v) is 15.4. The molecule has 1 atom stereocenters. The Bertz CT molecular complexity index is 944. The molecule has 1 unspecified atom stereocenters. The van der Waals surface area contributed by atoms with Gasteiger partial charge in [0.15, 0.2) is 0 Å². The molecule has 7 heteroatoms. The van der Waals surface area contributed by atoms with E-state index in [0.29, 0.717) is 17.5 Å². The second-order valence-corrected chi connectivity index (χ2v) is 6.58. The summed E-state index contributed by atoms with van der Waals surface area (Å²) < 4.78 is 15.0. The highest BCUT2D eigenvalue weighted by atomic mass is 35.5. The topological polar surface area (TPSA) is 67.2 Å². The molecule has 3 aromatic rings. The van der Waals surface area contributed by atoms with Crippen LogP contribution >= 0.6 is 11.6 Å². The van der Waals surface area contributed by atoms with E-state index in [1.54, 1.807) is 11.7 Å². The fraction of sp³-hybridized carbons (Fsp3) is 0.200. The van der Waals surface area contributed by atoms with Gasteiger partial charge in [-0.15, -0.1) is 0 Å². The van der Waals surface area contributed by atoms with Crippen LogP contribution in [0.3, 0.4) is 0 Å². The van der Waals surface area contributed by atoms with Crippen molar-refractivity contribution in [2.75, 3.05) is 6.61 Å². The van der Waals surface area contributed by atoms with E-state index in [4.69, 9.17) is 11.6 Å². The number of aryl methyl sites for hydroxylation is 1. The van der Waals surface area contributed by atoms with Gasteiger partial charge < -0.3 is 10.4 Å². The normalized spacial score (nSPS) is 12.0. The zero-order chi connectivity index (χ0) is 19.4. The summed E-state index contributed by atoms with van der Waals surface area (Å²) in [6, 6.07) is 13.1. The number of carbonyl (C=O) groups excluding carboxylic acids is 1. The maximum absolute atomic E-state index is 13.4. The van der Waals surface area contributed by atoms with Crippen LogP contribution in [0.4, 0.5) is 4.39 Å². The molecule has 1 amide bonds. The molecule has 0 saturated heterocycles. The molecule has 0 fully saturated rings. The summed E-state index contributed by atoms with van der Waals surface area (Å²) in [5.74, 6) is -0.922. The van der Waals surface area contributed by atoms with E-state index in [1.807, 2.05) is 30.3 Å². The van der Waals surface area contributed by atoms with Crippen LogP contribution in [0.5, 0.6) is 0 Å². The summed E-state index contributed by atoms with van der Waals surface area (Å²) >= 11 is 5.80. The number of nitrogens with one attached hydrogen (secondary N) is 1. The van der Waals surface area contributed by atoms with E-state index in [2.05, 4.69) is 10.4 Å². The van der Waals surface area contributed by atoms with Gasteiger partial charge in [-0.25, -0.2) is 4.39 Å². The first kappa shape index (κ1) is 19.1. The van der Waals surface area contributed by atoms with Crippen LogP contribution in [0, 0.1) is 5.82 Å². The van der Waals surface area contributed by atoms with Crippen molar-refractivity contribution in [3.8, 4) is 0 Å². The number of nitrogens with zero attached hydrogens (tertiary/aromatic N) is 2. The molecular formula is C20H19ClFN3O2. The van der Waals surface area contributed by atoms with Crippen molar-refractivity contribution in [1.82, 2.24) is 15.1 Å². The lowest BCUT2D eigenvalue weighted by atomic mass is 10.0. The molecule has 1 aromatic heterocycles. The molecule has 1 heterocycles. The Morgan fingerprint density at radius 2 is 2.04 bits per heavy atom. The molecule has 0 saturated carbocycles. The number of aromatic nitrogens is 2. The molecular weight excluding hydrogens is 369 g/mol. The molecule has 0 radical (unpaired) electrons. The largest absolute Gasteiger partial charge is 0.394 e. The number of amides is 1. The molecule has 27 heavy (non-hydrogen) atoms. The van der Waals surface area contributed by atoms with Crippen LogP contribution in [-0.2, 0) is 13.5 Å². The monoisotopic (exact) mass is 387 g/mol. The van der Waals surface area contributed by atoms with Crippen LogP contribution in [0.1, 0.15) is 33.2 Å². The van der Waals surface area contributed by atoms with Crippen LogP contribution in [-0.4, -0.2) is 27.4 Å². The van der Waals surface area contributed by atoms with Crippen LogP contribution in [0.2, 0.25) is 5.02 Å². The van der Waals surface area contributed by atoms with Crippen molar-refractivity contribution >= 4 is 17.5 Å². The second-order valence-electron chi connectivity index (χ2n) is 6.17. The minimum atomic E-state index is -0.708. The molecule has 5 nitrogen and oxygen atoms in total. The summed E-state index contributed by atoms with van der Waals surface area (Å²) in [4.78, 5) is 12.8. The average Bonchev–Trinajstić information content (AvgIpc) is 3.03. The van der Waals surface area contributed by atoms with Crippen molar-refractivity contribution in [3.05, 3.63) is 88.0 Å². The fourth-order valence-electron chi connectivity index (χ4n) is 2.85. The SMILES string of the molecule is Cn1ncc(C(=O)NC(CO)c2ccc(F)c(Cl)c2)c1Cc1ccccc1. The Labute approximate surface area is 161 Å². The summed E-state index contributed by atoms with van der Waals surface area (Å²) in [5.41, 5.74) is 2.76. The van der Waals surface area contributed by atoms with E-state index < -0.39 is 11.9 Å². The molecule has 0 bridgehead atoms. The smallest absolute Gasteiger partial charge is 0.255 e. The number of hydrogen-bond acceptors (Lipinski definition) is 3. The van der Waals surface area contributed by atoms with Gasteiger partial charge in [0, 0.05) is 13.5 Å². The van der Waals surface area contributed by atoms with Crippen molar-refractivity contribution in [1.29, 1.82) is 0 Å². The maximum Gasteiger partial charge on any atom is 0.255 e. The third-order valence-electron chi connectivity index (χ3n) is 4.35. The first-order valence-corrected chi connectivity index (χ1v) is 8.79. The van der Waals surface area contributed by atoms with Crippen molar-refractivity contribution in [3.63, 3.8) is 0 Å². The van der Waals surface area contributed by atoms with Crippen LogP contribution in [0.15, 0.2) is 54.7 Å². The van der Waals surface area contributed by atoms with E-state index in [9.17, 15) is 14.3 Å². The summed E-state index contributed by atoms with van der Waals surface area (Å²) in [7, 11) is 1.78. The molecule has 0 aliphatic rings. The fourth-order valence-corrected chi connectivity index (χ4v) is 3.04. The van der Waals surface area contributed by atoms with Crippen molar-refractivity contribution < 1.29 is 14.3 Å². The predicted octanol–water partition coefficient (Wildman–Crippen LogP) is 3.27. The predicted molar refractivity (Wildman–Crippen MR) is 101 cm³/mol. The third-order valence-corrected chi connectivity index (χ3v) is 4.64. The lowest BCUT2D eigenvalue weighted by Gasteiger charge is -2.17. The highest BCUT2D eigenvalue weighted by molar-refractivity contribution is 6.30. The third kappa shape index (κ3) is 4.35. The Morgan fingerprint density at radius 3 is 2.70 bits per heavy atom. The van der Waals surface area contributed by atoms with Crippen LogP contribution < -0.4 is 5.32 Å². The van der Waals surface area contributed by atoms with E-state index in [0.717, 1.165) is 11.3 Å². The van der Waals surface area contributed by atoms with Crippen molar-refractivity contribution in [2.45, 2.75) is 12.5 Å². The maximum atomic E-state index is 13.4. The number of aliphatic hydroxyl groups is 1. The number of aliphatic hydroxyl groups excluding tert-OH is 1. The standard InChI is InChI=1S/C20H19ClFN3O2/c1-25-19(9-13-5-3-2-4-6-13)15(11-23-25)20(27)24-18(12-26)14-7-8-17(22)16(21)10-14/h2-8,10-11,18,26H,9,12H2,1H3,(H,24,27). The second kappa shape index (κ2) is 8.33. The first-order chi connectivity index (χ1) is 13.0. The molecule has 2 aromatic carbocycles. The summed E-state index contributed by atoms with van der Waals surface area (Å²) in [6.07, 6.45) is 2.05. The molecule has 2 N–H and O–H groups in total. The van der Waals surface area contributed by atoms with Gasteiger partial charge >= 0.3 is 0 Å². The molecule has 140 valence electrons. The van der Waals surface area contributed by atoms with E-state index >= 15 is 0 Å². The Balaban J connectivity index is 1.82. The van der Waals surface area contributed by atoms with E-state index in [-0.39, 0.29) is 17.5 Å². The number of rotatable bonds is 6. The molecule has 0 spiro atoms. The Kier molecular flexibility index (Phi) is 5.88. The number of benzene rings is 2. The molecule has 3 rings (SSSR count). The minimum absolute atomic E-state index is 0.0636. The van der Waals surface area contributed by atoms with Gasteiger partial charge in [0.2, 0.25) is 0 Å². The van der Waals surface area contributed by atoms with Gasteiger partial charge in [0.05, 0.1) is 35.1 Å². The quantitative estimate of drug-likeness (QED) is 0.682. The van der Waals surface area contributed by atoms with Gasteiger partial charge in [-0.05, 0) is 23.3 Å². The molecule has 0 aliphatic heterocycles. The summed E-state index contributed by atoms with van der Waals surface area (Å²) in [5, 5.41) is 16.6. The number of hydrogen-bond donors (Lipinski definition) is 2. The number of carbonyl (C=O) groups is 1. The average molecular weight is 388 g/mol. The lowest BCUT2D eigenvalue weighted by molar-refractivity contribution is 0.0915. The Hall–Kier alpha value is -2.70.